The van der Waals surface area contributed by atoms with Crippen molar-refractivity contribution in [1.29, 1.82) is 0 Å². The number of amides is 1. The lowest BCUT2D eigenvalue weighted by Crippen LogP contribution is -2.32. The summed E-state index contributed by atoms with van der Waals surface area (Å²) < 4.78 is 6.12. The molecule has 0 bridgehead atoms. The first-order chi connectivity index (χ1) is 15.1. The van der Waals surface area contributed by atoms with Crippen molar-refractivity contribution >= 4 is 23.0 Å². The zero-order valence-corrected chi connectivity index (χ0v) is 18.3. The minimum Gasteiger partial charge on any atom is -0.480 e. The molecule has 0 saturated carbocycles. The summed E-state index contributed by atoms with van der Waals surface area (Å²) in [4.78, 5) is 12.8. The van der Waals surface area contributed by atoms with Gasteiger partial charge in [0.2, 0.25) is 0 Å². The second-order valence-electron chi connectivity index (χ2n) is 7.43. The number of carbonyl (C=O) groups excluding carboxylic acids is 1. The van der Waals surface area contributed by atoms with E-state index in [1.165, 1.54) is 0 Å². The van der Waals surface area contributed by atoms with Crippen LogP contribution >= 0.6 is 0 Å². The number of hydrogen-bond donors (Lipinski definition) is 1. The lowest BCUT2D eigenvalue weighted by atomic mass is 9.98. The maximum atomic E-state index is 12.8. The molecular formula is C26H29N3O2. The Morgan fingerprint density at radius 3 is 2.10 bits per heavy atom. The van der Waals surface area contributed by atoms with Crippen LogP contribution in [0.25, 0.3) is 0 Å². The molecule has 0 heterocycles. The molecule has 3 aromatic carbocycles. The Labute approximate surface area is 184 Å². The van der Waals surface area contributed by atoms with Crippen molar-refractivity contribution in [1.82, 2.24) is 0 Å². The Morgan fingerprint density at radius 2 is 1.45 bits per heavy atom. The number of para-hydroxylation sites is 1. The molecule has 0 aliphatic heterocycles. The number of nitrogens with zero attached hydrogens (tertiary/aromatic N) is 2. The first kappa shape index (κ1) is 22.2. The first-order valence-electron chi connectivity index (χ1n) is 10.7. The van der Waals surface area contributed by atoms with Crippen LogP contribution in [0.1, 0.15) is 45.1 Å². The second-order valence-corrected chi connectivity index (χ2v) is 7.43. The Balaban J connectivity index is 1.64. The van der Waals surface area contributed by atoms with E-state index in [0.717, 1.165) is 23.4 Å². The van der Waals surface area contributed by atoms with Crippen LogP contribution in [0.2, 0.25) is 0 Å². The van der Waals surface area contributed by atoms with Crippen molar-refractivity contribution in [3.63, 3.8) is 0 Å². The molecule has 1 N–H and O–H groups in total. The van der Waals surface area contributed by atoms with Gasteiger partial charge in [-0.3, -0.25) is 4.79 Å². The van der Waals surface area contributed by atoms with Crippen LogP contribution in [0, 0.1) is 0 Å². The highest BCUT2D eigenvalue weighted by atomic mass is 16.5. The van der Waals surface area contributed by atoms with Crippen molar-refractivity contribution in [2.45, 2.75) is 45.6 Å². The number of carbonyl (C=O) groups is 1. The van der Waals surface area contributed by atoms with Crippen LogP contribution in [-0.4, -0.2) is 12.0 Å². The standard InChI is InChI=1S/C26H29N3O2/c1-4-19(3)23-13-9-10-14-25(23)31-24(5-2)26(30)27-20-15-17-22(18-16-20)29-28-21-11-7-6-8-12-21/h6-19,24H,4-5H2,1-3H3,(H,27,30). The van der Waals surface area contributed by atoms with Crippen LogP contribution < -0.4 is 10.1 Å². The molecule has 0 aliphatic carbocycles. The van der Waals surface area contributed by atoms with Gasteiger partial charge in [-0.05, 0) is 66.8 Å². The Bertz CT molecular complexity index is 1000. The summed E-state index contributed by atoms with van der Waals surface area (Å²) in [6.07, 6.45) is 1.02. The van der Waals surface area contributed by atoms with E-state index in [2.05, 4.69) is 35.5 Å². The van der Waals surface area contributed by atoms with Crippen molar-refractivity contribution in [3.8, 4) is 5.75 Å². The predicted octanol–water partition coefficient (Wildman–Crippen LogP) is 7.41. The maximum absolute atomic E-state index is 12.8. The normalized spacial score (nSPS) is 13.0. The average molecular weight is 416 g/mol. The molecule has 1 amide bonds. The SMILES string of the molecule is CCC(Oc1ccccc1C(C)CC)C(=O)Nc1ccc(N=Nc2ccccc2)cc1. The predicted molar refractivity (Wildman–Crippen MR) is 126 cm³/mol. The Morgan fingerprint density at radius 1 is 0.839 bits per heavy atom. The monoisotopic (exact) mass is 415 g/mol. The molecule has 3 aromatic rings. The Hall–Kier alpha value is -3.47. The molecule has 0 aromatic heterocycles. The van der Waals surface area contributed by atoms with Crippen LogP contribution in [0.3, 0.4) is 0 Å². The number of rotatable bonds is 9. The number of anilines is 1. The number of hydrogen-bond acceptors (Lipinski definition) is 4. The molecule has 160 valence electrons. The summed E-state index contributed by atoms with van der Waals surface area (Å²) in [5, 5.41) is 11.4. The number of azo groups is 1. The quantitative estimate of drug-likeness (QED) is 0.370. The molecule has 5 nitrogen and oxygen atoms in total. The third kappa shape index (κ3) is 6.25. The van der Waals surface area contributed by atoms with Crippen LogP contribution in [0.5, 0.6) is 5.75 Å². The molecule has 0 aliphatic rings. The molecule has 0 saturated heterocycles. The van der Waals surface area contributed by atoms with Gasteiger partial charge in [0.05, 0.1) is 11.4 Å². The third-order valence-corrected chi connectivity index (χ3v) is 5.17. The summed E-state index contributed by atoms with van der Waals surface area (Å²) in [5.74, 6) is 0.977. The molecule has 31 heavy (non-hydrogen) atoms. The van der Waals surface area contributed by atoms with E-state index in [4.69, 9.17) is 4.74 Å². The minimum atomic E-state index is -0.567. The highest BCUT2D eigenvalue weighted by molar-refractivity contribution is 5.94. The highest BCUT2D eigenvalue weighted by Gasteiger charge is 2.21. The highest BCUT2D eigenvalue weighted by Crippen LogP contribution is 2.29. The summed E-state index contributed by atoms with van der Waals surface area (Å²) in [6, 6.07) is 24.8. The molecule has 5 heteroatoms. The van der Waals surface area contributed by atoms with Crippen LogP contribution in [0.15, 0.2) is 89.1 Å². The van der Waals surface area contributed by atoms with E-state index in [1.54, 1.807) is 0 Å². The number of nitrogens with one attached hydrogen (secondary N) is 1. The van der Waals surface area contributed by atoms with Crippen molar-refractivity contribution in [2.24, 2.45) is 10.2 Å². The van der Waals surface area contributed by atoms with Gasteiger partial charge < -0.3 is 10.1 Å². The fraction of sp³-hybridized carbons (Fsp3) is 0.269. The van der Waals surface area contributed by atoms with Crippen molar-refractivity contribution < 1.29 is 9.53 Å². The second kappa shape index (κ2) is 11.1. The van der Waals surface area contributed by atoms with Crippen LogP contribution in [0.4, 0.5) is 17.1 Å². The maximum Gasteiger partial charge on any atom is 0.265 e. The molecule has 3 rings (SSSR count). The van der Waals surface area contributed by atoms with Gasteiger partial charge in [-0.15, -0.1) is 0 Å². The van der Waals surface area contributed by atoms with Gasteiger partial charge in [0, 0.05) is 5.69 Å². The topological polar surface area (TPSA) is 63.0 Å². The van der Waals surface area contributed by atoms with Crippen LogP contribution in [-0.2, 0) is 4.79 Å². The Kier molecular flexibility index (Phi) is 7.93. The number of benzene rings is 3. The number of ether oxygens (including phenoxy) is 1. The van der Waals surface area contributed by atoms with Gasteiger partial charge in [0.15, 0.2) is 6.10 Å². The lowest BCUT2D eigenvalue weighted by molar-refractivity contribution is -0.122. The van der Waals surface area contributed by atoms with Gasteiger partial charge in [-0.1, -0.05) is 57.2 Å². The fourth-order valence-corrected chi connectivity index (χ4v) is 3.13. The fourth-order valence-electron chi connectivity index (χ4n) is 3.13. The molecule has 2 atom stereocenters. The molecule has 0 spiro atoms. The van der Waals surface area contributed by atoms with Gasteiger partial charge in [0.25, 0.3) is 5.91 Å². The minimum absolute atomic E-state index is 0.167. The van der Waals surface area contributed by atoms with Gasteiger partial charge in [-0.25, -0.2) is 0 Å². The van der Waals surface area contributed by atoms with E-state index >= 15 is 0 Å². The summed E-state index contributed by atoms with van der Waals surface area (Å²) in [6.45, 7) is 6.26. The summed E-state index contributed by atoms with van der Waals surface area (Å²) in [5.41, 5.74) is 3.33. The smallest absolute Gasteiger partial charge is 0.265 e. The van der Waals surface area contributed by atoms with E-state index in [9.17, 15) is 4.79 Å². The largest absolute Gasteiger partial charge is 0.480 e. The third-order valence-electron chi connectivity index (χ3n) is 5.17. The first-order valence-corrected chi connectivity index (χ1v) is 10.7. The van der Waals surface area contributed by atoms with Crippen molar-refractivity contribution in [2.75, 3.05) is 5.32 Å². The molecule has 2 unspecified atom stereocenters. The van der Waals surface area contributed by atoms with E-state index in [-0.39, 0.29) is 5.91 Å². The van der Waals surface area contributed by atoms with Gasteiger partial charge >= 0.3 is 0 Å². The molecule has 0 fully saturated rings. The van der Waals surface area contributed by atoms with E-state index in [0.29, 0.717) is 23.7 Å². The van der Waals surface area contributed by atoms with Gasteiger partial charge in [0.1, 0.15) is 5.75 Å². The molecule has 0 radical (unpaired) electrons. The lowest BCUT2D eigenvalue weighted by Gasteiger charge is -2.21. The zero-order valence-electron chi connectivity index (χ0n) is 18.3. The van der Waals surface area contributed by atoms with Crippen molar-refractivity contribution in [3.05, 3.63) is 84.4 Å². The summed E-state index contributed by atoms with van der Waals surface area (Å²) in [7, 11) is 0. The zero-order chi connectivity index (χ0) is 22.1. The average Bonchev–Trinajstić information content (AvgIpc) is 2.82. The molecular weight excluding hydrogens is 386 g/mol. The summed E-state index contributed by atoms with van der Waals surface area (Å²) >= 11 is 0. The van der Waals surface area contributed by atoms with Gasteiger partial charge in [-0.2, -0.15) is 10.2 Å². The van der Waals surface area contributed by atoms with E-state index in [1.807, 2.05) is 79.7 Å². The van der Waals surface area contributed by atoms with E-state index < -0.39 is 6.10 Å².